The van der Waals surface area contributed by atoms with Crippen LogP contribution in [0.2, 0.25) is 0 Å². The lowest BCUT2D eigenvalue weighted by atomic mass is 10.1. The van der Waals surface area contributed by atoms with E-state index < -0.39 is 5.97 Å². The number of thiophene rings is 1. The highest BCUT2D eigenvalue weighted by molar-refractivity contribution is 7.19. The van der Waals surface area contributed by atoms with E-state index in [4.69, 9.17) is 15.2 Å². The highest BCUT2D eigenvalue weighted by Gasteiger charge is 2.25. The van der Waals surface area contributed by atoms with Crippen LogP contribution in [0.3, 0.4) is 0 Å². The maximum Gasteiger partial charge on any atom is 0.350 e. The first kappa shape index (κ1) is 15.0. The molecule has 0 amide bonds. The van der Waals surface area contributed by atoms with Crippen LogP contribution < -0.4 is 15.4 Å². The molecule has 112 valence electrons. The molecule has 0 spiro atoms. The van der Waals surface area contributed by atoms with Crippen molar-refractivity contribution in [1.82, 2.24) is 0 Å². The van der Waals surface area contributed by atoms with E-state index in [1.807, 2.05) is 0 Å². The third-order valence-corrected chi connectivity index (χ3v) is 4.83. The van der Waals surface area contributed by atoms with E-state index in [9.17, 15) is 4.79 Å². The molecule has 1 fully saturated rings. The van der Waals surface area contributed by atoms with Crippen LogP contribution in [0, 0.1) is 0 Å². The number of carbonyl (C=O) groups excluding carboxylic acids is 1. The van der Waals surface area contributed by atoms with Crippen molar-refractivity contribution in [3.8, 4) is 5.75 Å². The molecule has 1 saturated heterocycles. The third kappa shape index (κ3) is 3.00. The minimum Gasteiger partial charge on any atom is -0.492 e. The minimum absolute atomic E-state index is 0.390. The normalized spacial score (nSPS) is 16.4. The second kappa shape index (κ2) is 6.83. The van der Waals surface area contributed by atoms with Gasteiger partial charge in [-0.2, -0.15) is 0 Å². The van der Waals surface area contributed by atoms with E-state index >= 15 is 0 Å². The maximum atomic E-state index is 11.8. The Morgan fingerprint density at radius 3 is 2.30 bits per heavy atom. The number of hydrogen-bond acceptors (Lipinski definition) is 6. The molecule has 0 unspecified atom stereocenters. The van der Waals surface area contributed by atoms with Crippen LogP contribution in [0.1, 0.15) is 41.8 Å². The van der Waals surface area contributed by atoms with Crippen LogP contribution in [-0.4, -0.2) is 33.3 Å². The van der Waals surface area contributed by atoms with Gasteiger partial charge in [0.1, 0.15) is 15.6 Å². The second-order valence-electron chi connectivity index (χ2n) is 4.93. The Morgan fingerprint density at radius 1 is 1.15 bits per heavy atom. The van der Waals surface area contributed by atoms with Crippen molar-refractivity contribution in [2.75, 3.05) is 37.9 Å². The monoisotopic (exact) mass is 298 g/mol. The lowest BCUT2D eigenvalue weighted by Crippen LogP contribution is -2.26. The molecule has 0 saturated carbocycles. The van der Waals surface area contributed by atoms with Gasteiger partial charge in [0, 0.05) is 13.1 Å². The molecule has 0 aromatic carbocycles. The van der Waals surface area contributed by atoms with Gasteiger partial charge in [0.25, 0.3) is 0 Å². The maximum absolute atomic E-state index is 11.8. The Hall–Kier alpha value is -1.43. The van der Waals surface area contributed by atoms with Crippen molar-refractivity contribution in [2.45, 2.75) is 32.1 Å². The number of hydrogen-bond donors (Lipinski definition) is 1. The summed E-state index contributed by atoms with van der Waals surface area (Å²) in [5.41, 5.74) is 6.42. The molecule has 2 N–H and O–H groups in total. The van der Waals surface area contributed by atoms with E-state index in [0.717, 1.165) is 30.9 Å². The first-order valence-corrected chi connectivity index (χ1v) is 7.80. The van der Waals surface area contributed by atoms with Crippen LogP contribution in [0.4, 0.5) is 10.7 Å². The molecule has 0 atom stereocenters. The molecule has 1 aliphatic heterocycles. The van der Waals surface area contributed by atoms with Gasteiger partial charge in [-0.25, -0.2) is 4.79 Å². The molecule has 0 bridgehead atoms. The highest BCUT2D eigenvalue weighted by atomic mass is 32.1. The highest BCUT2D eigenvalue weighted by Crippen LogP contribution is 2.45. The smallest absolute Gasteiger partial charge is 0.350 e. The molecule has 20 heavy (non-hydrogen) atoms. The largest absolute Gasteiger partial charge is 0.492 e. The second-order valence-corrected chi connectivity index (χ2v) is 5.93. The number of methoxy groups -OCH3 is 2. The van der Waals surface area contributed by atoms with Gasteiger partial charge >= 0.3 is 5.97 Å². The fourth-order valence-corrected chi connectivity index (χ4v) is 3.68. The Morgan fingerprint density at radius 2 is 1.75 bits per heavy atom. The van der Waals surface area contributed by atoms with Crippen molar-refractivity contribution in [2.24, 2.45) is 0 Å². The van der Waals surface area contributed by atoms with Crippen molar-refractivity contribution in [3.63, 3.8) is 0 Å². The van der Waals surface area contributed by atoms with E-state index in [0.29, 0.717) is 16.3 Å². The topological polar surface area (TPSA) is 64.8 Å². The Kier molecular flexibility index (Phi) is 5.11. The van der Waals surface area contributed by atoms with Gasteiger partial charge in [0.05, 0.1) is 14.2 Å². The zero-order valence-electron chi connectivity index (χ0n) is 12.1. The minimum atomic E-state index is -0.399. The number of nitrogen functional groups attached to an aromatic ring is 1. The van der Waals surface area contributed by atoms with E-state index in [2.05, 4.69) is 4.90 Å². The number of ether oxygens (including phenoxy) is 2. The molecule has 0 aliphatic carbocycles. The van der Waals surface area contributed by atoms with E-state index in [1.165, 1.54) is 37.7 Å². The molecular formula is C14H22N2O3S. The summed E-state index contributed by atoms with van der Waals surface area (Å²) < 4.78 is 10.2. The summed E-state index contributed by atoms with van der Waals surface area (Å²) in [6.07, 6.45) is 6.14. The molecule has 6 heteroatoms. The number of carbonyl (C=O) groups is 1. The lowest BCUT2D eigenvalue weighted by molar-refractivity contribution is 0.0607. The number of nitrogens with zero attached hydrogens (tertiary/aromatic N) is 1. The summed E-state index contributed by atoms with van der Waals surface area (Å²) in [6.45, 7) is 1.97. The molecule has 2 rings (SSSR count). The van der Waals surface area contributed by atoms with Crippen LogP contribution in [0.15, 0.2) is 0 Å². The quantitative estimate of drug-likeness (QED) is 0.869. The van der Waals surface area contributed by atoms with Crippen LogP contribution in [0.25, 0.3) is 0 Å². The first-order chi connectivity index (χ1) is 9.69. The Bertz CT molecular complexity index is 465. The average molecular weight is 298 g/mol. The third-order valence-electron chi connectivity index (χ3n) is 3.60. The van der Waals surface area contributed by atoms with Crippen LogP contribution in [0.5, 0.6) is 5.75 Å². The van der Waals surface area contributed by atoms with Crippen molar-refractivity contribution >= 4 is 28.0 Å². The first-order valence-electron chi connectivity index (χ1n) is 6.98. The molecule has 1 aromatic rings. The Balaban J connectivity index is 2.31. The molecule has 2 heterocycles. The van der Waals surface area contributed by atoms with Crippen LogP contribution in [-0.2, 0) is 4.74 Å². The fourth-order valence-electron chi connectivity index (χ4n) is 2.52. The summed E-state index contributed by atoms with van der Waals surface area (Å²) in [5, 5.41) is 0.951. The molecular weight excluding hydrogens is 276 g/mol. The van der Waals surface area contributed by atoms with Gasteiger partial charge in [0.2, 0.25) is 0 Å². The zero-order valence-corrected chi connectivity index (χ0v) is 12.9. The Labute approximate surface area is 123 Å². The zero-order chi connectivity index (χ0) is 14.5. The number of anilines is 2. The number of rotatable bonds is 3. The average Bonchev–Trinajstić information content (AvgIpc) is 2.74. The summed E-state index contributed by atoms with van der Waals surface area (Å²) >= 11 is 1.37. The predicted molar refractivity (Wildman–Crippen MR) is 81.9 cm³/mol. The number of esters is 1. The lowest BCUT2D eigenvalue weighted by Gasteiger charge is -2.26. The summed E-state index contributed by atoms with van der Waals surface area (Å²) in [4.78, 5) is 14.5. The van der Waals surface area contributed by atoms with Gasteiger partial charge in [-0.1, -0.05) is 19.3 Å². The summed E-state index contributed by atoms with van der Waals surface area (Å²) in [6, 6.07) is 0. The fraction of sp³-hybridized carbons (Fsp3) is 0.643. The number of nitrogens with two attached hydrogens (primary N) is 1. The molecule has 1 aliphatic rings. The van der Waals surface area contributed by atoms with Gasteiger partial charge < -0.3 is 20.1 Å². The van der Waals surface area contributed by atoms with Gasteiger partial charge in [0.15, 0.2) is 5.75 Å². The van der Waals surface area contributed by atoms with Crippen molar-refractivity contribution < 1.29 is 14.3 Å². The van der Waals surface area contributed by atoms with Gasteiger partial charge in [-0.15, -0.1) is 11.3 Å². The molecule has 1 aromatic heterocycles. The van der Waals surface area contributed by atoms with E-state index in [-0.39, 0.29) is 0 Å². The summed E-state index contributed by atoms with van der Waals surface area (Å²) in [7, 11) is 2.96. The molecule has 5 nitrogen and oxygen atoms in total. The van der Waals surface area contributed by atoms with Crippen LogP contribution >= 0.6 is 11.3 Å². The standard InChI is InChI=1S/C14H22N2O3S/c1-18-11-10(15)12(14(17)19-2)20-13(11)16-8-6-4-3-5-7-9-16/h3-9,15H2,1-2H3. The van der Waals surface area contributed by atoms with E-state index in [1.54, 1.807) is 7.11 Å². The van der Waals surface area contributed by atoms with Gasteiger partial charge in [-0.3, -0.25) is 0 Å². The SMILES string of the molecule is COC(=O)c1sc(N2CCCCCCC2)c(OC)c1N. The predicted octanol–water partition coefficient (Wildman–Crippen LogP) is 2.90. The summed E-state index contributed by atoms with van der Waals surface area (Å²) in [5.74, 6) is 0.208. The van der Waals surface area contributed by atoms with Gasteiger partial charge in [-0.05, 0) is 12.8 Å². The molecule has 0 radical (unpaired) electrons. The van der Waals surface area contributed by atoms with Crippen molar-refractivity contribution in [3.05, 3.63) is 4.88 Å². The van der Waals surface area contributed by atoms with Crippen molar-refractivity contribution in [1.29, 1.82) is 0 Å².